The molecule has 1 saturated heterocycles. The largest absolute Gasteiger partial charge is 0.496 e. The van der Waals surface area contributed by atoms with Crippen LogP contribution in [0.15, 0.2) is 18.2 Å². The zero-order chi connectivity index (χ0) is 20.7. The summed E-state index contributed by atoms with van der Waals surface area (Å²) in [4.78, 5) is 31.3. The average Bonchev–Trinajstić information content (AvgIpc) is 3.41. The summed E-state index contributed by atoms with van der Waals surface area (Å²) in [5.74, 6) is 0.507. The van der Waals surface area contributed by atoms with Gasteiger partial charge in [0.15, 0.2) is 6.29 Å². The van der Waals surface area contributed by atoms with Crippen molar-refractivity contribution in [3.63, 3.8) is 0 Å². The van der Waals surface area contributed by atoms with E-state index in [9.17, 15) is 9.59 Å². The first kappa shape index (κ1) is 19.1. The minimum atomic E-state index is -0.187. The molecule has 1 aromatic heterocycles. The summed E-state index contributed by atoms with van der Waals surface area (Å²) in [5, 5.41) is 4.68. The number of hydrogen-bond acceptors (Lipinski definition) is 5. The van der Waals surface area contributed by atoms with Gasteiger partial charge in [-0.15, -0.1) is 0 Å². The maximum atomic E-state index is 13.3. The number of amides is 1. The third kappa shape index (κ3) is 2.97. The van der Waals surface area contributed by atoms with Crippen LogP contribution < -0.4 is 10.1 Å². The highest BCUT2D eigenvalue weighted by Crippen LogP contribution is 2.41. The number of aromatic amines is 1. The van der Waals surface area contributed by atoms with Gasteiger partial charge in [0.25, 0.3) is 5.91 Å². The lowest BCUT2D eigenvalue weighted by Crippen LogP contribution is -2.44. The Balaban J connectivity index is 1.66. The first-order valence-corrected chi connectivity index (χ1v) is 10.4. The van der Waals surface area contributed by atoms with Gasteiger partial charge in [0.1, 0.15) is 5.75 Å². The molecule has 1 amide bonds. The molecule has 156 valence electrons. The Labute approximate surface area is 174 Å². The highest BCUT2D eigenvalue weighted by molar-refractivity contribution is 6.21. The molecule has 1 aliphatic heterocycles. The van der Waals surface area contributed by atoms with E-state index in [1.165, 1.54) is 0 Å². The third-order valence-electron chi connectivity index (χ3n) is 6.28. The Bertz CT molecular complexity index is 1140. The molecule has 2 aromatic carbocycles. The van der Waals surface area contributed by atoms with Crippen LogP contribution in [0.4, 0.5) is 0 Å². The van der Waals surface area contributed by atoms with Crippen molar-refractivity contribution < 1.29 is 19.1 Å². The van der Waals surface area contributed by atoms with E-state index in [4.69, 9.17) is 9.47 Å². The molecule has 0 radical (unpaired) electrons. The fraction of sp³-hybridized carbons (Fsp3) is 0.391. The van der Waals surface area contributed by atoms with Crippen molar-refractivity contribution in [3.8, 4) is 5.75 Å². The topological polar surface area (TPSA) is 83.7 Å². The lowest BCUT2D eigenvalue weighted by Gasteiger charge is -2.27. The number of nitrogens with one attached hydrogen (secondary N) is 2. The number of aromatic nitrogens is 1. The van der Waals surface area contributed by atoms with Gasteiger partial charge in [-0.2, -0.15) is 0 Å². The maximum Gasteiger partial charge on any atom is 0.253 e. The summed E-state index contributed by atoms with van der Waals surface area (Å²) < 4.78 is 11.0. The number of benzene rings is 2. The van der Waals surface area contributed by atoms with Crippen LogP contribution in [0.3, 0.4) is 0 Å². The molecular weight excluding hydrogens is 382 g/mol. The van der Waals surface area contributed by atoms with Gasteiger partial charge in [-0.25, -0.2) is 0 Å². The summed E-state index contributed by atoms with van der Waals surface area (Å²) in [6.45, 7) is 3.37. The lowest BCUT2D eigenvalue weighted by molar-refractivity contribution is 0.0334. The van der Waals surface area contributed by atoms with Gasteiger partial charge in [0.05, 0.1) is 49.0 Å². The molecule has 0 spiro atoms. The molecule has 0 saturated carbocycles. The van der Waals surface area contributed by atoms with Crippen molar-refractivity contribution in [1.82, 2.24) is 15.2 Å². The van der Waals surface area contributed by atoms with Crippen LogP contribution in [0.2, 0.25) is 0 Å². The summed E-state index contributed by atoms with van der Waals surface area (Å²) in [6.07, 6.45) is 3.50. The predicted molar refractivity (Wildman–Crippen MR) is 114 cm³/mol. The summed E-state index contributed by atoms with van der Waals surface area (Å²) in [6, 6.07) is 5.79. The van der Waals surface area contributed by atoms with Crippen LogP contribution in [-0.2, 0) is 17.6 Å². The Morgan fingerprint density at radius 2 is 2.03 bits per heavy atom. The van der Waals surface area contributed by atoms with Gasteiger partial charge in [0, 0.05) is 24.0 Å². The molecule has 2 aliphatic rings. The predicted octanol–water partition coefficient (Wildman–Crippen LogP) is 2.65. The second-order valence-corrected chi connectivity index (χ2v) is 7.87. The monoisotopic (exact) mass is 407 g/mol. The summed E-state index contributed by atoms with van der Waals surface area (Å²) in [5.41, 5.74) is 4.96. The number of methoxy groups -OCH3 is 1. The normalized spacial score (nSPS) is 16.7. The van der Waals surface area contributed by atoms with Gasteiger partial charge in [0.2, 0.25) is 0 Å². The van der Waals surface area contributed by atoms with Crippen molar-refractivity contribution in [2.24, 2.45) is 0 Å². The zero-order valence-electron chi connectivity index (χ0n) is 17.0. The SMILES string of the molecule is COc1cccc2[nH]c3c4c(c(C(=O)NCN5CCOCC5)c(C=O)c3c12)CCC4. The van der Waals surface area contributed by atoms with E-state index in [1.807, 2.05) is 18.2 Å². The van der Waals surface area contributed by atoms with Crippen molar-refractivity contribution in [2.45, 2.75) is 19.3 Å². The minimum Gasteiger partial charge on any atom is -0.496 e. The van der Waals surface area contributed by atoms with E-state index < -0.39 is 0 Å². The van der Waals surface area contributed by atoms with Crippen LogP contribution in [0.5, 0.6) is 5.75 Å². The standard InChI is InChI=1S/C23H25N3O4/c1-29-18-7-3-6-17-21(18)20-16(12-27)19(14-4-2-5-15(14)22(20)25-17)23(28)24-13-26-8-10-30-11-9-26/h3,6-7,12,25H,2,4-5,8-11,13H2,1H3,(H,24,28). The fourth-order valence-electron chi connectivity index (χ4n) is 4.87. The maximum absolute atomic E-state index is 13.3. The van der Waals surface area contributed by atoms with Crippen molar-refractivity contribution in [2.75, 3.05) is 40.1 Å². The molecule has 0 unspecified atom stereocenters. The molecule has 0 bridgehead atoms. The number of nitrogens with zero attached hydrogens (tertiary/aromatic N) is 1. The molecule has 0 atom stereocenters. The Hall–Kier alpha value is -2.90. The molecule has 2 N–H and O–H groups in total. The quantitative estimate of drug-likeness (QED) is 0.636. The summed E-state index contributed by atoms with van der Waals surface area (Å²) >= 11 is 0. The number of fused-ring (bicyclic) bond motifs is 5. The number of hydrogen-bond donors (Lipinski definition) is 2. The van der Waals surface area contributed by atoms with Gasteiger partial charge in [-0.1, -0.05) is 6.07 Å². The van der Waals surface area contributed by atoms with E-state index >= 15 is 0 Å². The van der Waals surface area contributed by atoms with Crippen LogP contribution in [0.25, 0.3) is 21.8 Å². The molecular formula is C23H25N3O4. The molecule has 1 aliphatic carbocycles. The van der Waals surface area contributed by atoms with E-state index in [1.54, 1.807) is 7.11 Å². The molecule has 30 heavy (non-hydrogen) atoms. The van der Waals surface area contributed by atoms with E-state index in [-0.39, 0.29) is 5.91 Å². The molecule has 5 rings (SSSR count). The Morgan fingerprint density at radius 3 is 2.80 bits per heavy atom. The highest BCUT2D eigenvalue weighted by atomic mass is 16.5. The average molecular weight is 407 g/mol. The van der Waals surface area contributed by atoms with Crippen LogP contribution >= 0.6 is 0 Å². The lowest BCUT2D eigenvalue weighted by atomic mass is 9.92. The first-order chi connectivity index (χ1) is 14.7. The number of H-pyrrole nitrogens is 1. The number of morpholine rings is 1. The molecule has 1 fully saturated rings. The highest BCUT2D eigenvalue weighted by Gasteiger charge is 2.29. The van der Waals surface area contributed by atoms with Crippen molar-refractivity contribution in [3.05, 3.63) is 40.5 Å². The van der Waals surface area contributed by atoms with E-state index in [0.717, 1.165) is 71.6 Å². The fourth-order valence-corrected chi connectivity index (χ4v) is 4.87. The number of carbonyl (C=O) groups excluding carboxylic acids is 2. The number of carbonyl (C=O) groups is 2. The second kappa shape index (κ2) is 7.74. The smallest absolute Gasteiger partial charge is 0.253 e. The van der Waals surface area contributed by atoms with Gasteiger partial charge in [-0.3, -0.25) is 14.5 Å². The summed E-state index contributed by atoms with van der Waals surface area (Å²) in [7, 11) is 1.62. The van der Waals surface area contributed by atoms with Crippen LogP contribution in [0.1, 0.15) is 38.3 Å². The van der Waals surface area contributed by atoms with Crippen molar-refractivity contribution in [1.29, 1.82) is 0 Å². The molecule has 7 nitrogen and oxygen atoms in total. The molecule has 7 heteroatoms. The molecule has 2 heterocycles. The third-order valence-corrected chi connectivity index (χ3v) is 6.28. The number of ether oxygens (including phenoxy) is 2. The number of aryl methyl sites for hydroxylation is 1. The first-order valence-electron chi connectivity index (χ1n) is 10.4. The number of rotatable bonds is 5. The second-order valence-electron chi connectivity index (χ2n) is 7.87. The Morgan fingerprint density at radius 1 is 1.23 bits per heavy atom. The minimum absolute atomic E-state index is 0.187. The van der Waals surface area contributed by atoms with E-state index in [2.05, 4.69) is 15.2 Å². The van der Waals surface area contributed by atoms with Crippen LogP contribution in [0, 0.1) is 0 Å². The van der Waals surface area contributed by atoms with Crippen LogP contribution in [-0.4, -0.2) is 62.2 Å². The molecule has 3 aromatic rings. The number of aldehydes is 1. The Kier molecular flexibility index (Phi) is 4.92. The van der Waals surface area contributed by atoms with Gasteiger partial charge < -0.3 is 19.8 Å². The zero-order valence-corrected chi connectivity index (χ0v) is 17.0. The van der Waals surface area contributed by atoms with E-state index in [0.29, 0.717) is 36.8 Å². The van der Waals surface area contributed by atoms with Gasteiger partial charge in [-0.05, 0) is 42.5 Å². The van der Waals surface area contributed by atoms with Crippen molar-refractivity contribution >= 4 is 34.0 Å². The van der Waals surface area contributed by atoms with Gasteiger partial charge >= 0.3 is 0 Å².